The molecule has 2 aliphatic heterocycles. The predicted molar refractivity (Wildman–Crippen MR) is 113 cm³/mol. The molecule has 2 saturated carbocycles. The fraction of sp³-hybridized carbons (Fsp3) is 0.905. The first kappa shape index (κ1) is 27.8. The molecule has 0 aromatic rings. The van der Waals surface area contributed by atoms with Crippen LogP contribution in [0.5, 0.6) is 0 Å². The topological polar surface area (TPSA) is 265 Å². The lowest BCUT2D eigenvalue weighted by molar-refractivity contribution is -0.341. The lowest BCUT2D eigenvalue weighted by Gasteiger charge is -2.41. The van der Waals surface area contributed by atoms with Crippen molar-refractivity contribution in [2.75, 3.05) is 19.8 Å². The van der Waals surface area contributed by atoms with Crippen LogP contribution in [0, 0.1) is 11.8 Å². The number of ether oxygens (including phenoxy) is 4. The van der Waals surface area contributed by atoms with E-state index in [2.05, 4.69) is 0 Å². The molecular formula is C21H35NO14. The number of hydrogen-bond acceptors (Lipinski definition) is 15. The molecule has 0 radical (unpaired) electrons. The van der Waals surface area contributed by atoms with E-state index in [0.29, 0.717) is 0 Å². The van der Waals surface area contributed by atoms with E-state index < -0.39 is 103 Å². The highest BCUT2D eigenvalue weighted by Gasteiger charge is 2.78. The minimum Gasteiger partial charge on any atom is -0.508 e. The normalized spacial score (nSPS) is 49.9. The zero-order chi connectivity index (χ0) is 26.7. The molecule has 2 aliphatic carbocycles. The van der Waals surface area contributed by atoms with E-state index in [9.17, 15) is 51.1 Å². The molecule has 4 aliphatic rings. The number of nitrogens with two attached hydrogens (primary N) is 1. The molecule has 4 fully saturated rings. The van der Waals surface area contributed by atoms with E-state index in [1.807, 2.05) is 0 Å². The van der Waals surface area contributed by atoms with Crippen LogP contribution >= 0.6 is 0 Å². The van der Waals surface area contributed by atoms with Crippen LogP contribution in [0.2, 0.25) is 0 Å². The smallest absolute Gasteiger partial charge is 0.185 e. The van der Waals surface area contributed by atoms with Gasteiger partial charge in [0.25, 0.3) is 0 Å². The maximum absolute atomic E-state index is 10.8. The molecule has 12 N–H and O–H groups in total. The lowest BCUT2D eigenvalue weighted by atomic mass is 10.0. The van der Waals surface area contributed by atoms with Gasteiger partial charge in [-0.1, -0.05) is 0 Å². The minimum atomic E-state index is -1.89. The second kappa shape index (κ2) is 9.85. The summed E-state index contributed by atoms with van der Waals surface area (Å²) in [7, 11) is 0. The van der Waals surface area contributed by atoms with Gasteiger partial charge in [0.2, 0.25) is 0 Å². The Bertz CT molecular complexity index is 839. The molecule has 36 heavy (non-hydrogen) atoms. The van der Waals surface area contributed by atoms with Crippen molar-refractivity contribution >= 4 is 0 Å². The van der Waals surface area contributed by atoms with Crippen LogP contribution < -0.4 is 5.73 Å². The minimum absolute atomic E-state index is 0.219. The molecular weight excluding hydrogens is 490 g/mol. The summed E-state index contributed by atoms with van der Waals surface area (Å²) < 4.78 is 22.5. The van der Waals surface area contributed by atoms with Crippen LogP contribution in [-0.2, 0) is 18.9 Å². The quantitative estimate of drug-likeness (QED) is 0.119. The van der Waals surface area contributed by atoms with E-state index in [-0.39, 0.29) is 18.7 Å². The van der Waals surface area contributed by atoms with Gasteiger partial charge < -0.3 is 75.7 Å². The molecule has 15 nitrogen and oxygen atoms in total. The number of aliphatic hydroxyl groups excluding tert-OH is 8. The zero-order valence-electron chi connectivity index (χ0n) is 19.4. The fourth-order valence-electron chi connectivity index (χ4n) is 5.32. The zero-order valence-corrected chi connectivity index (χ0v) is 19.4. The maximum atomic E-state index is 10.8. The molecule has 8 unspecified atom stereocenters. The van der Waals surface area contributed by atoms with Crippen LogP contribution in [0.15, 0.2) is 11.5 Å². The predicted octanol–water partition coefficient (Wildman–Crippen LogP) is -5.51. The third-order valence-corrected chi connectivity index (χ3v) is 7.73. The number of aliphatic hydroxyl groups is 10. The molecule has 2 saturated heterocycles. The van der Waals surface area contributed by atoms with Crippen molar-refractivity contribution in [3.8, 4) is 0 Å². The van der Waals surface area contributed by atoms with Crippen molar-refractivity contribution < 1.29 is 70.0 Å². The molecule has 2 heterocycles. The van der Waals surface area contributed by atoms with Crippen molar-refractivity contribution in [2.24, 2.45) is 17.6 Å². The second-order valence-electron chi connectivity index (χ2n) is 9.85. The van der Waals surface area contributed by atoms with Crippen molar-refractivity contribution in [3.63, 3.8) is 0 Å². The van der Waals surface area contributed by atoms with Gasteiger partial charge in [-0.25, -0.2) is 0 Å². The lowest BCUT2D eigenvalue weighted by Crippen LogP contribution is -2.57. The molecule has 0 aromatic carbocycles. The van der Waals surface area contributed by atoms with Crippen molar-refractivity contribution in [1.82, 2.24) is 0 Å². The van der Waals surface area contributed by atoms with Crippen molar-refractivity contribution in [2.45, 2.75) is 86.0 Å². The molecule has 208 valence electrons. The van der Waals surface area contributed by atoms with Crippen molar-refractivity contribution in [3.05, 3.63) is 11.5 Å². The highest BCUT2D eigenvalue weighted by Crippen LogP contribution is 2.57. The van der Waals surface area contributed by atoms with Crippen LogP contribution in [0.3, 0.4) is 0 Å². The number of rotatable bonds is 10. The second-order valence-corrected chi connectivity index (χ2v) is 9.85. The summed E-state index contributed by atoms with van der Waals surface area (Å²) in [6.45, 7) is -0.347. The maximum Gasteiger partial charge on any atom is 0.185 e. The molecule has 0 spiro atoms. The first-order chi connectivity index (χ1) is 16.8. The van der Waals surface area contributed by atoms with Gasteiger partial charge in [-0.05, 0) is 6.92 Å². The summed E-state index contributed by atoms with van der Waals surface area (Å²) in [5.74, 6) is -2.77. The first-order valence-corrected chi connectivity index (χ1v) is 11.7. The summed E-state index contributed by atoms with van der Waals surface area (Å²) in [6, 6.07) is 0. The van der Waals surface area contributed by atoms with E-state index >= 15 is 0 Å². The van der Waals surface area contributed by atoms with Gasteiger partial charge in [-0.2, -0.15) is 0 Å². The van der Waals surface area contributed by atoms with Gasteiger partial charge in [0.15, 0.2) is 12.6 Å². The number of fused-ring (bicyclic) bond motifs is 2. The highest BCUT2D eigenvalue weighted by molar-refractivity contribution is 5.25. The fourth-order valence-corrected chi connectivity index (χ4v) is 5.32. The van der Waals surface area contributed by atoms with E-state index in [0.717, 1.165) is 0 Å². The largest absolute Gasteiger partial charge is 0.508 e. The monoisotopic (exact) mass is 525 g/mol. The van der Waals surface area contributed by atoms with Gasteiger partial charge in [0, 0.05) is 6.42 Å². The Hall–Kier alpha value is -1.18. The van der Waals surface area contributed by atoms with E-state index in [1.165, 1.54) is 6.92 Å². The molecule has 14 atom stereocenters. The van der Waals surface area contributed by atoms with Crippen LogP contribution in [-0.4, -0.2) is 143 Å². The average Bonchev–Trinajstić information content (AvgIpc) is 3.63. The van der Waals surface area contributed by atoms with Gasteiger partial charge in [-0.15, -0.1) is 0 Å². The summed E-state index contributed by atoms with van der Waals surface area (Å²) >= 11 is 0. The van der Waals surface area contributed by atoms with Crippen LogP contribution in [0.25, 0.3) is 0 Å². The first-order valence-electron chi connectivity index (χ1n) is 11.7. The SMILES string of the molecule is C[C@@H](O)/C(N)=C(/O)[C@H](O)CCO[C@H]1OC(CO)C2(O)C(O)C2[C@@H]1O[C@H]1OC(CO)[C@]2(O)C(O)C2C1O. The van der Waals surface area contributed by atoms with Crippen LogP contribution in [0.1, 0.15) is 13.3 Å². The highest BCUT2D eigenvalue weighted by atomic mass is 16.8. The van der Waals surface area contributed by atoms with Crippen molar-refractivity contribution in [1.29, 1.82) is 0 Å². The van der Waals surface area contributed by atoms with Gasteiger partial charge in [-0.3, -0.25) is 0 Å². The summed E-state index contributed by atoms with van der Waals surface area (Å²) in [5, 5.41) is 101. The van der Waals surface area contributed by atoms with Crippen LogP contribution in [0.4, 0.5) is 0 Å². The third kappa shape index (κ3) is 4.21. The Morgan fingerprint density at radius 3 is 2.03 bits per heavy atom. The van der Waals surface area contributed by atoms with Gasteiger partial charge in [0.1, 0.15) is 47.5 Å². The van der Waals surface area contributed by atoms with E-state index in [1.54, 1.807) is 0 Å². The van der Waals surface area contributed by atoms with Gasteiger partial charge in [0.05, 0.1) is 55.7 Å². The Labute approximate surface area is 205 Å². The summed E-state index contributed by atoms with van der Waals surface area (Å²) in [5.41, 5.74) is 1.45. The van der Waals surface area contributed by atoms with Gasteiger partial charge >= 0.3 is 0 Å². The molecule has 0 amide bonds. The molecule has 0 bridgehead atoms. The third-order valence-electron chi connectivity index (χ3n) is 7.73. The molecule has 0 aromatic heterocycles. The summed E-state index contributed by atoms with van der Waals surface area (Å²) in [6.07, 6.45) is -13.9. The number of hydrogen-bond donors (Lipinski definition) is 11. The average molecular weight is 526 g/mol. The Morgan fingerprint density at radius 2 is 1.47 bits per heavy atom. The Kier molecular flexibility index (Phi) is 7.62. The Balaban J connectivity index is 1.47. The summed E-state index contributed by atoms with van der Waals surface area (Å²) in [4.78, 5) is 0. The standard InChI is InChI=1S/C21H35NO14/c1-6(25)12(22)13(27)7(26)2-3-33-19-15(11-17(30)21(11,32)9(5-24)35-19)36-18-14(28)10-16(29)20(10,31)8(4-23)34-18/h6-11,14-19,23-32H,2-5,22H2,1H3/b13-12-/t6-,7-,8?,9?,10?,11?,14?,15+,16?,17?,18-,19+,20-,21?/m1/s1. The van der Waals surface area contributed by atoms with E-state index in [4.69, 9.17) is 24.7 Å². The Morgan fingerprint density at radius 1 is 0.944 bits per heavy atom. The molecule has 4 rings (SSSR count). The molecule has 15 heteroatoms.